The third-order valence-corrected chi connectivity index (χ3v) is 4.12. The minimum atomic E-state index is -0.928. The van der Waals surface area contributed by atoms with Crippen molar-refractivity contribution in [2.24, 2.45) is 0 Å². The van der Waals surface area contributed by atoms with Gasteiger partial charge in [0.1, 0.15) is 0 Å². The number of esters is 1. The number of methoxy groups -OCH3 is 2. The number of anilines is 1. The van der Waals surface area contributed by atoms with Gasteiger partial charge in [-0.1, -0.05) is 23.8 Å². The molecule has 0 aliphatic heterocycles. The van der Waals surface area contributed by atoms with Crippen molar-refractivity contribution >= 4 is 23.6 Å². The van der Waals surface area contributed by atoms with Crippen molar-refractivity contribution in [2.75, 3.05) is 19.5 Å². The summed E-state index contributed by atoms with van der Waals surface area (Å²) in [4.78, 5) is 24.3. The third-order valence-electron chi connectivity index (χ3n) is 4.12. The zero-order valence-corrected chi connectivity index (χ0v) is 16.7. The van der Waals surface area contributed by atoms with E-state index < -0.39 is 12.1 Å². The van der Waals surface area contributed by atoms with Crippen molar-refractivity contribution in [1.29, 1.82) is 0 Å². The van der Waals surface area contributed by atoms with E-state index in [4.69, 9.17) is 14.2 Å². The Hall–Kier alpha value is -3.28. The van der Waals surface area contributed by atoms with Gasteiger partial charge in [0.25, 0.3) is 5.91 Å². The lowest BCUT2D eigenvalue weighted by molar-refractivity contribution is -0.148. The van der Waals surface area contributed by atoms with Gasteiger partial charge in [0.05, 0.1) is 14.2 Å². The van der Waals surface area contributed by atoms with Crippen LogP contribution >= 0.6 is 0 Å². The summed E-state index contributed by atoms with van der Waals surface area (Å²) in [6.07, 6.45) is 1.92. The summed E-state index contributed by atoms with van der Waals surface area (Å²) in [5.74, 6) is 0.149. The maximum Gasteiger partial charge on any atom is 0.331 e. The number of hydrogen-bond donors (Lipinski definition) is 1. The number of rotatable bonds is 7. The van der Waals surface area contributed by atoms with E-state index in [0.717, 1.165) is 16.7 Å². The molecule has 0 spiro atoms. The van der Waals surface area contributed by atoms with Crippen molar-refractivity contribution in [3.63, 3.8) is 0 Å². The molecule has 1 atom stereocenters. The molecular weight excluding hydrogens is 358 g/mol. The van der Waals surface area contributed by atoms with E-state index in [9.17, 15) is 9.59 Å². The quantitative estimate of drug-likeness (QED) is 0.580. The predicted octanol–water partition coefficient (Wildman–Crippen LogP) is 3.90. The Balaban J connectivity index is 1.96. The average Bonchev–Trinajstić information content (AvgIpc) is 2.68. The minimum Gasteiger partial charge on any atom is -0.493 e. The molecule has 2 aromatic rings. The normalized spacial score (nSPS) is 11.8. The first-order chi connectivity index (χ1) is 13.3. The van der Waals surface area contributed by atoms with Gasteiger partial charge in [-0.05, 0) is 56.2 Å². The van der Waals surface area contributed by atoms with Crippen LogP contribution in [0.4, 0.5) is 5.69 Å². The molecule has 1 N–H and O–H groups in total. The highest BCUT2D eigenvalue weighted by molar-refractivity contribution is 5.97. The van der Waals surface area contributed by atoms with Crippen LogP contribution in [-0.4, -0.2) is 32.2 Å². The topological polar surface area (TPSA) is 73.9 Å². The lowest BCUT2D eigenvalue weighted by Gasteiger charge is -2.14. The fraction of sp³-hybridized carbons (Fsp3) is 0.273. The molecule has 0 bridgehead atoms. The summed E-state index contributed by atoms with van der Waals surface area (Å²) in [7, 11) is 3.09. The second-order valence-corrected chi connectivity index (χ2v) is 6.33. The lowest BCUT2D eigenvalue weighted by atomic mass is 10.1. The summed E-state index contributed by atoms with van der Waals surface area (Å²) in [5.41, 5.74) is 3.48. The zero-order valence-electron chi connectivity index (χ0n) is 16.7. The third kappa shape index (κ3) is 5.61. The van der Waals surface area contributed by atoms with Crippen molar-refractivity contribution in [2.45, 2.75) is 26.9 Å². The van der Waals surface area contributed by atoms with E-state index in [1.165, 1.54) is 20.1 Å². The molecule has 0 aliphatic rings. The Bertz CT molecular complexity index is 888. The number of carbonyl (C=O) groups excluding carboxylic acids is 2. The van der Waals surface area contributed by atoms with Gasteiger partial charge in [-0.25, -0.2) is 4.79 Å². The Labute approximate surface area is 165 Å². The largest absolute Gasteiger partial charge is 0.493 e. The molecule has 148 valence electrons. The van der Waals surface area contributed by atoms with Crippen LogP contribution in [0.15, 0.2) is 42.5 Å². The standard InChI is InChI=1S/C22H25NO5/c1-14-6-9-18(15(2)12-14)23-22(25)16(3)28-21(24)11-8-17-7-10-19(26-4)20(13-17)27-5/h6-13,16H,1-5H3,(H,23,25)/b11-8+/t16-/m0/s1. The number of amides is 1. The first-order valence-corrected chi connectivity index (χ1v) is 8.83. The average molecular weight is 383 g/mol. The lowest BCUT2D eigenvalue weighted by Crippen LogP contribution is -2.29. The fourth-order valence-corrected chi connectivity index (χ4v) is 2.58. The summed E-state index contributed by atoms with van der Waals surface area (Å²) in [5, 5.41) is 2.77. The molecule has 6 heteroatoms. The van der Waals surface area contributed by atoms with Gasteiger partial charge >= 0.3 is 5.97 Å². The van der Waals surface area contributed by atoms with Crippen molar-refractivity contribution in [3.05, 3.63) is 59.2 Å². The molecule has 0 aliphatic carbocycles. The number of benzene rings is 2. The highest BCUT2D eigenvalue weighted by Crippen LogP contribution is 2.28. The van der Waals surface area contributed by atoms with Gasteiger partial charge in [-0.3, -0.25) is 4.79 Å². The van der Waals surface area contributed by atoms with Crippen LogP contribution in [0.25, 0.3) is 6.08 Å². The molecular formula is C22H25NO5. The Morgan fingerprint density at radius 2 is 1.71 bits per heavy atom. The monoisotopic (exact) mass is 383 g/mol. The number of hydrogen-bond acceptors (Lipinski definition) is 5. The molecule has 0 radical (unpaired) electrons. The maximum atomic E-state index is 12.3. The zero-order chi connectivity index (χ0) is 20.7. The van der Waals surface area contributed by atoms with Gasteiger partial charge in [0.2, 0.25) is 0 Å². The highest BCUT2D eigenvalue weighted by Gasteiger charge is 2.17. The van der Waals surface area contributed by atoms with Crippen LogP contribution in [-0.2, 0) is 14.3 Å². The molecule has 2 aromatic carbocycles. The Morgan fingerprint density at radius 3 is 2.36 bits per heavy atom. The Kier molecular flexibility index (Phi) is 7.21. The van der Waals surface area contributed by atoms with E-state index in [1.807, 2.05) is 32.0 Å². The van der Waals surface area contributed by atoms with Crippen molar-refractivity contribution < 1.29 is 23.8 Å². The number of ether oxygens (including phenoxy) is 3. The van der Waals surface area contributed by atoms with Crippen LogP contribution < -0.4 is 14.8 Å². The summed E-state index contributed by atoms with van der Waals surface area (Å²) in [6.45, 7) is 5.42. The van der Waals surface area contributed by atoms with Gasteiger partial charge in [0, 0.05) is 11.8 Å². The second kappa shape index (κ2) is 9.60. The number of nitrogens with one attached hydrogen (secondary N) is 1. The first-order valence-electron chi connectivity index (χ1n) is 8.83. The van der Waals surface area contributed by atoms with Crippen molar-refractivity contribution in [3.8, 4) is 11.5 Å². The number of aryl methyl sites for hydroxylation is 2. The molecule has 1 amide bonds. The molecule has 28 heavy (non-hydrogen) atoms. The van der Waals surface area contributed by atoms with Crippen LogP contribution in [0.3, 0.4) is 0 Å². The Morgan fingerprint density at radius 1 is 1.00 bits per heavy atom. The van der Waals surface area contributed by atoms with E-state index in [-0.39, 0.29) is 5.91 Å². The summed E-state index contributed by atoms with van der Waals surface area (Å²) >= 11 is 0. The second-order valence-electron chi connectivity index (χ2n) is 6.33. The van der Waals surface area contributed by atoms with Gasteiger partial charge in [-0.15, -0.1) is 0 Å². The van der Waals surface area contributed by atoms with Gasteiger partial charge < -0.3 is 19.5 Å². The molecule has 0 fully saturated rings. The molecule has 6 nitrogen and oxygen atoms in total. The summed E-state index contributed by atoms with van der Waals surface area (Å²) in [6, 6.07) is 11.0. The first kappa shape index (κ1) is 21.0. The van der Waals surface area contributed by atoms with Crippen molar-refractivity contribution in [1.82, 2.24) is 0 Å². The van der Waals surface area contributed by atoms with Crippen LogP contribution in [0.2, 0.25) is 0 Å². The molecule has 0 saturated heterocycles. The smallest absolute Gasteiger partial charge is 0.331 e. The summed E-state index contributed by atoms with van der Waals surface area (Å²) < 4.78 is 15.6. The highest BCUT2D eigenvalue weighted by atomic mass is 16.5. The molecule has 0 heterocycles. The van der Waals surface area contributed by atoms with E-state index in [1.54, 1.807) is 31.4 Å². The van der Waals surface area contributed by atoms with Gasteiger partial charge in [0.15, 0.2) is 17.6 Å². The minimum absolute atomic E-state index is 0.389. The number of carbonyl (C=O) groups is 2. The van der Waals surface area contributed by atoms with Crippen LogP contribution in [0.5, 0.6) is 11.5 Å². The van der Waals surface area contributed by atoms with E-state index >= 15 is 0 Å². The fourth-order valence-electron chi connectivity index (χ4n) is 2.58. The van der Waals surface area contributed by atoms with E-state index in [0.29, 0.717) is 17.2 Å². The van der Waals surface area contributed by atoms with Gasteiger partial charge in [-0.2, -0.15) is 0 Å². The maximum absolute atomic E-state index is 12.3. The van der Waals surface area contributed by atoms with Crippen LogP contribution in [0.1, 0.15) is 23.6 Å². The SMILES string of the molecule is COc1ccc(/C=C/C(=O)O[C@@H](C)C(=O)Nc2ccc(C)cc2C)cc1OC. The predicted molar refractivity (Wildman–Crippen MR) is 109 cm³/mol. The molecule has 2 rings (SSSR count). The molecule has 0 saturated carbocycles. The molecule has 0 aromatic heterocycles. The van der Waals surface area contributed by atoms with Crippen LogP contribution in [0, 0.1) is 13.8 Å². The van der Waals surface area contributed by atoms with E-state index in [2.05, 4.69) is 5.32 Å². The molecule has 0 unspecified atom stereocenters.